The van der Waals surface area contributed by atoms with Crippen molar-refractivity contribution in [1.29, 1.82) is 0 Å². The van der Waals surface area contributed by atoms with Crippen LogP contribution in [0.4, 0.5) is 10.2 Å². The number of hydrogen-bond acceptors (Lipinski definition) is 4. The number of aryl methyl sites for hydroxylation is 1. The maximum atomic E-state index is 13.1. The molecule has 0 aliphatic carbocycles. The molecular formula is C15H16FN3O3. The highest BCUT2D eigenvalue weighted by Crippen LogP contribution is 2.05. The lowest BCUT2D eigenvalue weighted by molar-refractivity contribution is -0.137. The second-order valence-electron chi connectivity index (χ2n) is 4.84. The number of carbonyl (C=O) groups is 1. The summed E-state index contributed by atoms with van der Waals surface area (Å²) in [6.07, 6.45) is 1.96. The van der Waals surface area contributed by atoms with Crippen LogP contribution in [0.25, 0.3) is 0 Å². The van der Waals surface area contributed by atoms with Crippen LogP contribution in [0.5, 0.6) is 0 Å². The highest BCUT2D eigenvalue weighted by atomic mass is 19.1. The molecule has 22 heavy (non-hydrogen) atoms. The molecule has 6 nitrogen and oxygen atoms in total. The molecule has 0 spiro atoms. The highest BCUT2D eigenvalue weighted by Gasteiger charge is 2.10. The largest absolute Gasteiger partial charge is 0.480 e. The van der Waals surface area contributed by atoms with Gasteiger partial charge in [0.25, 0.3) is 5.56 Å². The number of carboxylic acid groups (broad SMARTS) is 1. The molecule has 0 bridgehead atoms. The molecular weight excluding hydrogens is 289 g/mol. The van der Waals surface area contributed by atoms with Crippen LogP contribution in [-0.2, 0) is 17.8 Å². The van der Waals surface area contributed by atoms with E-state index in [1.165, 1.54) is 18.3 Å². The Morgan fingerprint density at radius 2 is 2.23 bits per heavy atom. The lowest BCUT2D eigenvalue weighted by atomic mass is 10.1. The number of carboxylic acids is 1. The summed E-state index contributed by atoms with van der Waals surface area (Å²) in [5.41, 5.74) is 0.787. The lowest BCUT2D eigenvalue weighted by Crippen LogP contribution is -2.29. The monoisotopic (exact) mass is 305 g/mol. The lowest BCUT2D eigenvalue weighted by Gasteiger charge is -2.10. The van der Waals surface area contributed by atoms with E-state index < -0.39 is 18.1 Å². The van der Waals surface area contributed by atoms with Crippen LogP contribution in [0.3, 0.4) is 0 Å². The summed E-state index contributed by atoms with van der Waals surface area (Å²) in [5.74, 6) is -1.32. The van der Waals surface area contributed by atoms with E-state index in [-0.39, 0.29) is 11.6 Å². The molecule has 2 rings (SSSR count). The van der Waals surface area contributed by atoms with Gasteiger partial charge in [-0.25, -0.2) is 9.37 Å². The molecule has 0 amide bonds. The molecule has 0 atom stereocenters. The van der Waals surface area contributed by atoms with Crippen molar-refractivity contribution >= 4 is 11.8 Å². The third-order valence-corrected chi connectivity index (χ3v) is 3.14. The molecule has 2 aromatic rings. The molecule has 0 aliphatic heterocycles. The zero-order valence-electron chi connectivity index (χ0n) is 12.0. The number of benzene rings is 1. The number of rotatable bonds is 6. The highest BCUT2D eigenvalue weighted by molar-refractivity contribution is 5.66. The zero-order valence-corrected chi connectivity index (χ0v) is 12.0. The van der Waals surface area contributed by atoms with Gasteiger partial charge in [-0.05, 0) is 31.0 Å². The topological polar surface area (TPSA) is 84.2 Å². The molecule has 0 fully saturated rings. The minimum atomic E-state index is -1.10. The molecule has 1 heterocycles. The summed E-state index contributed by atoms with van der Waals surface area (Å²) in [4.78, 5) is 26.9. The van der Waals surface area contributed by atoms with Crippen LogP contribution in [-0.4, -0.2) is 27.2 Å². The van der Waals surface area contributed by atoms with E-state index in [1.54, 1.807) is 19.1 Å². The van der Waals surface area contributed by atoms with Crippen molar-refractivity contribution in [2.24, 2.45) is 0 Å². The summed E-state index contributed by atoms with van der Waals surface area (Å²) >= 11 is 0. The Bertz CT molecular complexity index is 743. The maximum Gasteiger partial charge on any atom is 0.323 e. The average Bonchev–Trinajstić information content (AvgIpc) is 2.46. The summed E-state index contributed by atoms with van der Waals surface area (Å²) in [7, 11) is 0. The molecule has 7 heteroatoms. The van der Waals surface area contributed by atoms with E-state index in [4.69, 9.17) is 5.11 Å². The van der Waals surface area contributed by atoms with Crippen molar-refractivity contribution in [3.63, 3.8) is 0 Å². The molecule has 1 aromatic heterocycles. The first-order valence-corrected chi connectivity index (χ1v) is 6.74. The second kappa shape index (κ2) is 6.84. The van der Waals surface area contributed by atoms with Gasteiger partial charge in [-0.15, -0.1) is 0 Å². The zero-order chi connectivity index (χ0) is 16.1. The minimum Gasteiger partial charge on any atom is -0.480 e. The van der Waals surface area contributed by atoms with Gasteiger partial charge >= 0.3 is 5.97 Å². The first-order valence-electron chi connectivity index (χ1n) is 6.74. The van der Waals surface area contributed by atoms with Crippen LogP contribution in [0.1, 0.15) is 11.3 Å². The molecule has 0 unspecified atom stereocenters. The van der Waals surface area contributed by atoms with Crippen LogP contribution >= 0.6 is 0 Å². The number of anilines is 1. The predicted octanol–water partition coefficient (Wildman–Crippen LogP) is 1.43. The molecule has 2 N–H and O–H groups in total. The summed E-state index contributed by atoms with van der Waals surface area (Å²) < 4.78 is 14.2. The number of nitrogens with zero attached hydrogens (tertiary/aromatic N) is 2. The van der Waals surface area contributed by atoms with Crippen molar-refractivity contribution in [2.45, 2.75) is 19.9 Å². The second-order valence-corrected chi connectivity index (χ2v) is 4.84. The summed E-state index contributed by atoms with van der Waals surface area (Å²) in [6, 6.07) is 6.20. The Balaban J connectivity index is 2.07. The van der Waals surface area contributed by atoms with Gasteiger partial charge in [-0.3, -0.25) is 14.2 Å². The number of aromatic nitrogens is 2. The molecule has 0 aliphatic rings. The Morgan fingerprint density at radius 3 is 2.91 bits per heavy atom. The van der Waals surface area contributed by atoms with Crippen LogP contribution < -0.4 is 10.9 Å². The quantitative estimate of drug-likeness (QED) is 0.843. The normalized spacial score (nSPS) is 10.5. The maximum absolute atomic E-state index is 13.1. The fourth-order valence-electron chi connectivity index (χ4n) is 2.04. The standard InChI is InChI=1S/C15H16FN3O3/c1-10-8-18-14(15(22)19(10)9-13(20)21)17-6-5-11-3-2-4-12(16)7-11/h2-4,7-8H,5-6,9H2,1H3,(H,17,18)(H,20,21). The van der Waals surface area contributed by atoms with Crippen LogP contribution in [0.2, 0.25) is 0 Å². The fourth-order valence-corrected chi connectivity index (χ4v) is 2.04. The van der Waals surface area contributed by atoms with E-state index in [0.29, 0.717) is 18.7 Å². The fraction of sp³-hybridized carbons (Fsp3) is 0.267. The number of nitrogens with one attached hydrogen (secondary N) is 1. The van der Waals surface area contributed by atoms with Gasteiger partial charge in [0, 0.05) is 18.4 Å². The molecule has 0 radical (unpaired) electrons. The Labute approximate surface area is 126 Å². The number of halogens is 1. The van der Waals surface area contributed by atoms with E-state index in [2.05, 4.69) is 10.3 Å². The smallest absolute Gasteiger partial charge is 0.323 e. The van der Waals surface area contributed by atoms with E-state index >= 15 is 0 Å². The third kappa shape index (κ3) is 3.91. The Morgan fingerprint density at radius 1 is 1.45 bits per heavy atom. The van der Waals surface area contributed by atoms with E-state index in [0.717, 1.165) is 10.1 Å². The average molecular weight is 305 g/mol. The minimum absolute atomic E-state index is 0.0863. The first-order chi connectivity index (χ1) is 10.5. The summed E-state index contributed by atoms with van der Waals surface area (Å²) in [6.45, 7) is 1.60. The van der Waals surface area contributed by atoms with Crippen molar-refractivity contribution in [1.82, 2.24) is 9.55 Å². The summed E-state index contributed by atoms with van der Waals surface area (Å²) in [5, 5.41) is 11.7. The van der Waals surface area contributed by atoms with Gasteiger partial charge in [0.05, 0.1) is 0 Å². The number of hydrogen-bond donors (Lipinski definition) is 2. The van der Waals surface area contributed by atoms with Crippen molar-refractivity contribution in [3.8, 4) is 0 Å². The van der Waals surface area contributed by atoms with Gasteiger partial charge in [0.1, 0.15) is 12.4 Å². The van der Waals surface area contributed by atoms with Crippen molar-refractivity contribution in [3.05, 3.63) is 57.9 Å². The number of aliphatic carboxylic acids is 1. The third-order valence-electron chi connectivity index (χ3n) is 3.14. The van der Waals surface area contributed by atoms with Crippen molar-refractivity contribution in [2.75, 3.05) is 11.9 Å². The Hall–Kier alpha value is -2.70. The SMILES string of the molecule is Cc1cnc(NCCc2cccc(F)c2)c(=O)n1CC(=O)O. The molecule has 116 valence electrons. The van der Waals surface area contributed by atoms with Gasteiger partial charge in [-0.1, -0.05) is 12.1 Å². The predicted molar refractivity (Wildman–Crippen MR) is 79.5 cm³/mol. The molecule has 1 aromatic carbocycles. The molecule has 0 saturated heterocycles. The molecule has 0 saturated carbocycles. The van der Waals surface area contributed by atoms with E-state index in [1.807, 2.05) is 0 Å². The Kier molecular flexibility index (Phi) is 4.88. The first kappa shape index (κ1) is 15.7. The van der Waals surface area contributed by atoms with Gasteiger partial charge in [0.2, 0.25) is 0 Å². The van der Waals surface area contributed by atoms with Crippen molar-refractivity contribution < 1.29 is 14.3 Å². The van der Waals surface area contributed by atoms with Gasteiger partial charge < -0.3 is 10.4 Å². The van der Waals surface area contributed by atoms with Gasteiger partial charge in [-0.2, -0.15) is 0 Å². The van der Waals surface area contributed by atoms with Crippen LogP contribution in [0.15, 0.2) is 35.3 Å². The van der Waals surface area contributed by atoms with Gasteiger partial charge in [0.15, 0.2) is 5.82 Å². The van der Waals surface area contributed by atoms with E-state index in [9.17, 15) is 14.0 Å². The van der Waals surface area contributed by atoms with Crippen LogP contribution in [0, 0.1) is 12.7 Å².